The zero-order valence-corrected chi connectivity index (χ0v) is 20.9. The number of hydrogen-bond donors (Lipinski definition) is 3. The van der Waals surface area contributed by atoms with Crippen LogP contribution in [0.2, 0.25) is 0 Å². The molecule has 2 atom stereocenters. The number of carbonyl (C=O) groups excluding carboxylic acids is 2. The lowest BCUT2D eigenvalue weighted by atomic mass is 9.58. The number of aliphatic hydroxyl groups is 1. The molecule has 2 aromatic heterocycles. The number of nitrogens with zero attached hydrogens (tertiary/aromatic N) is 3. The zero-order valence-electron chi connectivity index (χ0n) is 20.9. The van der Waals surface area contributed by atoms with Gasteiger partial charge in [-0.2, -0.15) is 18.3 Å². The molecule has 39 heavy (non-hydrogen) atoms. The molecule has 1 aliphatic heterocycles. The molecule has 3 fully saturated rings. The van der Waals surface area contributed by atoms with E-state index in [4.69, 9.17) is 0 Å². The topological polar surface area (TPSA) is 111 Å². The summed E-state index contributed by atoms with van der Waals surface area (Å²) in [6, 6.07) is 1.88. The van der Waals surface area contributed by atoms with Gasteiger partial charge in [-0.1, -0.05) is 0 Å². The molecule has 0 bridgehead atoms. The fraction of sp³-hybridized carbons (Fsp3) is 0.680. The van der Waals surface area contributed by atoms with Crippen molar-refractivity contribution in [3.05, 3.63) is 18.3 Å². The fourth-order valence-corrected chi connectivity index (χ4v) is 6.44. The van der Waals surface area contributed by atoms with Crippen molar-refractivity contribution >= 4 is 28.7 Å². The normalized spacial score (nSPS) is 30.8. The van der Waals surface area contributed by atoms with Crippen molar-refractivity contribution in [1.29, 1.82) is 0 Å². The highest BCUT2D eigenvalue weighted by Crippen LogP contribution is 2.56. The molecule has 8 nitrogen and oxygen atoms in total. The van der Waals surface area contributed by atoms with Crippen molar-refractivity contribution in [3.8, 4) is 0 Å². The molecule has 14 heteroatoms. The molecule has 2 saturated carbocycles. The second kappa shape index (κ2) is 9.63. The second-order valence-electron chi connectivity index (χ2n) is 11.1. The van der Waals surface area contributed by atoms with Gasteiger partial charge in [0.15, 0.2) is 5.60 Å². The summed E-state index contributed by atoms with van der Waals surface area (Å²) in [6.45, 7) is -0.428. The first kappa shape index (κ1) is 27.7. The van der Waals surface area contributed by atoms with Crippen LogP contribution in [0.25, 0.3) is 11.0 Å². The lowest BCUT2D eigenvalue weighted by Gasteiger charge is -2.49. The molecule has 3 heterocycles. The molecular weight excluding hydrogens is 532 g/mol. The number of amides is 2. The molecule has 0 aromatic carbocycles. The minimum absolute atomic E-state index is 0.148. The van der Waals surface area contributed by atoms with Gasteiger partial charge in [-0.3, -0.25) is 14.7 Å². The minimum Gasteiger partial charge on any atom is -0.380 e. The molecule has 2 aromatic rings. The summed E-state index contributed by atoms with van der Waals surface area (Å²) < 4.78 is 83.2. The Kier molecular flexibility index (Phi) is 6.83. The van der Waals surface area contributed by atoms with Crippen LogP contribution < -0.4 is 5.32 Å². The third-order valence-electron chi connectivity index (χ3n) is 8.78. The highest BCUT2D eigenvalue weighted by molar-refractivity contribution is 5.98. The number of rotatable bonds is 4. The first-order valence-electron chi connectivity index (χ1n) is 13.0. The third kappa shape index (κ3) is 5.07. The molecule has 214 valence electrons. The van der Waals surface area contributed by atoms with Gasteiger partial charge in [0.25, 0.3) is 0 Å². The number of halogens is 6. The van der Waals surface area contributed by atoms with Crippen LogP contribution in [0.1, 0.15) is 57.8 Å². The number of hydrogen-bond acceptors (Lipinski definition) is 5. The van der Waals surface area contributed by atoms with Gasteiger partial charge in [-0.15, -0.1) is 0 Å². The van der Waals surface area contributed by atoms with Gasteiger partial charge in [0.05, 0.1) is 23.7 Å². The van der Waals surface area contributed by atoms with Crippen LogP contribution in [-0.2, 0) is 9.59 Å². The van der Waals surface area contributed by atoms with Crippen LogP contribution in [0.4, 0.5) is 32.2 Å². The largest absolute Gasteiger partial charge is 0.417 e. The van der Waals surface area contributed by atoms with Crippen LogP contribution in [-0.4, -0.2) is 73.5 Å². The van der Waals surface area contributed by atoms with Crippen molar-refractivity contribution in [1.82, 2.24) is 20.1 Å². The Balaban J connectivity index is 1.39. The molecule has 3 N–H and O–H groups in total. The van der Waals surface area contributed by atoms with E-state index in [1.165, 1.54) is 12.3 Å². The van der Waals surface area contributed by atoms with Crippen molar-refractivity contribution in [2.45, 2.75) is 87.7 Å². The van der Waals surface area contributed by atoms with Crippen molar-refractivity contribution in [2.75, 3.05) is 11.9 Å². The van der Waals surface area contributed by atoms with Gasteiger partial charge in [-0.05, 0) is 56.6 Å². The van der Waals surface area contributed by atoms with Crippen LogP contribution in [0.3, 0.4) is 0 Å². The molecule has 2 amide bonds. The van der Waals surface area contributed by atoms with Crippen LogP contribution in [0, 0.1) is 11.3 Å². The van der Waals surface area contributed by atoms with Gasteiger partial charge in [-0.25, -0.2) is 18.2 Å². The molecule has 0 radical (unpaired) electrons. The summed E-state index contributed by atoms with van der Waals surface area (Å²) in [5.74, 6) is -5.01. The zero-order chi connectivity index (χ0) is 28.2. The maximum atomic E-state index is 14.7. The van der Waals surface area contributed by atoms with Crippen molar-refractivity contribution < 1.29 is 41.0 Å². The average molecular weight is 562 g/mol. The lowest BCUT2D eigenvalue weighted by molar-refractivity contribution is -0.274. The van der Waals surface area contributed by atoms with E-state index in [9.17, 15) is 41.0 Å². The van der Waals surface area contributed by atoms with E-state index in [-0.39, 0.29) is 37.9 Å². The van der Waals surface area contributed by atoms with Crippen LogP contribution in [0.15, 0.2) is 18.3 Å². The second-order valence-corrected chi connectivity index (χ2v) is 11.1. The molecule has 3 aliphatic rings. The number of fused-ring (bicyclic) bond motifs is 1. The molecular formula is C25H29F6N5O3. The maximum Gasteiger partial charge on any atom is 0.417 e. The monoisotopic (exact) mass is 561 g/mol. The van der Waals surface area contributed by atoms with Crippen LogP contribution in [0.5, 0.6) is 0 Å². The molecule has 0 unspecified atom stereocenters. The SMILES string of the molecule is O=C(Nc1ccc2[nH]ncc2n1)[C@H]1C[C@@H](F)CN1C(=O)C1(C2CCC(O)(C(F)(F)F)CC2)CCC(F)(F)CC1. The number of aromatic amines is 1. The number of alkyl halides is 6. The van der Waals surface area contributed by atoms with Gasteiger partial charge in [0, 0.05) is 19.3 Å². The van der Waals surface area contributed by atoms with Gasteiger partial charge in [0.2, 0.25) is 17.7 Å². The van der Waals surface area contributed by atoms with Crippen molar-refractivity contribution in [3.63, 3.8) is 0 Å². The number of pyridine rings is 1. The quantitative estimate of drug-likeness (QED) is 0.476. The average Bonchev–Trinajstić information content (AvgIpc) is 3.50. The Bertz CT molecular complexity index is 1230. The third-order valence-corrected chi connectivity index (χ3v) is 8.78. The van der Waals surface area contributed by atoms with Gasteiger partial charge >= 0.3 is 6.18 Å². The van der Waals surface area contributed by atoms with E-state index in [2.05, 4.69) is 20.5 Å². The first-order chi connectivity index (χ1) is 18.2. The minimum atomic E-state index is -4.86. The summed E-state index contributed by atoms with van der Waals surface area (Å²) in [7, 11) is 0. The lowest BCUT2D eigenvalue weighted by Crippen LogP contribution is -2.57. The fourth-order valence-electron chi connectivity index (χ4n) is 6.44. The van der Waals surface area contributed by atoms with Crippen molar-refractivity contribution in [2.24, 2.45) is 11.3 Å². The first-order valence-corrected chi connectivity index (χ1v) is 13.0. The van der Waals surface area contributed by atoms with E-state index in [0.29, 0.717) is 11.0 Å². The number of nitrogens with one attached hydrogen (secondary N) is 2. The summed E-state index contributed by atoms with van der Waals surface area (Å²) >= 11 is 0. The van der Waals surface area contributed by atoms with E-state index >= 15 is 0 Å². The molecule has 0 spiro atoms. The highest BCUT2D eigenvalue weighted by atomic mass is 19.4. The van der Waals surface area contributed by atoms with Gasteiger partial charge in [0.1, 0.15) is 23.5 Å². The Labute approximate surface area is 219 Å². The summed E-state index contributed by atoms with van der Waals surface area (Å²) in [4.78, 5) is 32.6. The van der Waals surface area contributed by atoms with E-state index < -0.39 is 85.3 Å². The van der Waals surface area contributed by atoms with Gasteiger partial charge < -0.3 is 15.3 Å². The van der Waals surface area contributed by atoms with Crippen LogP contribution >= 0.6 is 0 Å². The summed E-state index contributed by atoms with van der Waals surface area (Å²) in [6.07, 6.45) is -8.87. The number of aromatic nitrogens is 3. The number of H-pyrrole nitrogens is 1. The number of likely N-dealkylation sites (tertiary alicyclic amines) is 1. The standard InChI is InChI=1S/C25H29F6N5O3/c26-15-11-18(20(37)34-19-2-1-16-17(33-19)12-32-35-16)36(13-15)21(38)22(7-9-24(27,28)10-8-22)14-3-5-23(39,6-4-14)25(29,30)31/h1-2,12,14-15,18,39H,3-11,13H2,(H,32,35)(H,33,34,37)/t14?,15-,18-,23?/m1/s1. The number of anilines is 1. The molecule has 1 saturated heterocycles. The molecule has 5 rings (SSSR count). The van der Waals surface area contributed by atoms with E-state index in [0.717, 1.165) is 4.90 Å². The molecule has 2 aliphatic carbocycles. The Morgan fingerprint density at radius 2 is 1.74 bits per heavy atom. The summed E-state index contributed by atoms with van der Waals surface area (Å²) in [5.41, 5.74) is -3.30. The maximum absolute atomic E-state index is 14.7. The number of carbonyl (C=O) groups is 2. The smallest absolute Gasteiger partial charge is 0.380 e. The van der Waals surface area contributed by atoms with E-state index in [1.54, 1.807) is 6.07 Å². The highest BCUT2D eigenvalue weighted by Gasteiger charge is 2.60. The Morgan fingerprint density at radius 3 is 2.38 bits per heavy atom. The Morgan fingerprint density at radius 1 is 1.08 bits per heavy atom. The Hall–Kier alpha value is -2.90. The summed E-state index contributed by atoms with van der Waals surface area (Å²) in [5, 5.41) is 19.3. The predicted octanol–water partition coefficient (Wildman–Crippen LogP) is 4.51. The van der Waals surface area contributed by atoms with E-state index in [1.807, 2.05) is 0 Å². The predicted molar refractivity (Wildman–Crippen MR) is 126 cm³/mol.